The molecule has 0 fully saturated rings. The van der Waals surface area contributed by atoms with Crippen molar-refractivity contribution >= 4 is 28.5 Å². The minimum Gasteiger partial charge on any atom is -0.493 e. The van der Waals surface area contributed by atoms with Crippen molar-refractivity contribution in [1.82, 2.24) is 9.78 Å². The second kappa shape index (κ2) is 10.3. The summed E-state index contributed by atoms with van der Waals surface area (Å²) < 4.78 is 13.7. The first-order valence-corrected chi connectivity index (χ1v) is 12.6. The summed E-state index contributed by atoms with van der Waals surface area (Å²) in [5, 5.41) is 6.47. The first-order chi connectivity index (χ1) is 17.5. The lowest BCUT2D eigenvalue weighted by molar-refractivity contribution is 0.0716. The number of ether oxygens (including phenoxy) is 2. The molecule has 0 atom stereocenters. The van der Waals surface area contributed by atoms with Gasteiger partial charge in [0.15, 0.2) is 0 Å². The van der Waals surface area contributed by atoms with Gasteiger partial charge in [-0.1, -0.05) is 78.0 Å². The number of carbonyl (C=O) groups excluding carboxylic acids is 1. The predicted octanol–water partition coefficient (Wildman–Crippen LogP) is 7.41. The molecule has 5 aromatic rings. The molecule has 0 aliphatic carbocycles. The van der Waals surface area contributed by atoms with Gasteiger partial charge in [0.25, 0.3) is 0 Å². The largest absolute Gasteiger partial charge is 0.493 e. The monoisotopic (exact) mass is 494 g/mol. The number of hydrogen-bond donors (Lipinski definition) is 0. The molecule has 5 rings (SSSR count). The van der Waals surface area contributed by atoms with Gasteiger partial charge in [-0.3, -0.25) is 0 Å². The van der Waals surface area contributed by atoms with Crippen LogP contribution < -0.4 is 9.47 Å². The summed E-state index contributed by atoms with van der Waals surface area (Å²) in [6.45, 7) is 6.32. The SMILES string of the molecule is CCOc1ccc2ccccc2c1C(=O)Oc1c(Sc2ccc(C)cc2)c(C)nn1-c1ccccc1. The number of hydrogen-bond acceptors (Lipinski definition) is 5. The quantitative estimate of drug-likeness (QED) is 0.221. The van der Waals surface area contributed by atoms with E-state index in [1.165, 1.54) is 17.3 Å². The smallest absolute Gasteiger partial charge is 0.349 e. The molecule has 5 nitrogen and oxygen atoms in total. The Morgan fingerprint density at radius 3 is 2.36 bits per heavy atom. The molecular weight excluding hydrogens is 468 g/mol. The van der Waals surface area contributed by atoms with Crippen LogP contribution in [0.4, 0.5) is 0 Å². The van der Waals surface area contributed by atoms with Gasteiger partial charge in [-0.15, -0.1) is 0 Å². The normalized spacial score (nSPS) is 11.0. The molecule has 0 bridgehead atoms. The minimum absolute atomic E-state index is 0.379. The van der Waals surface area contributed by atoms with E-state index in [-0.39, 0.29) is 0 Å². The van der Waals surface area contributed by atoms with Gasteiger partial charge in [0.05, 0.1) is 22.9 Å². The Balaban J connectivity index is 1.62. The van der Waals surface area contributed by atoms with Crippen molar-refractivity contribution in [2.24, 2.45) is 0 Å². The Labute approximate surface area is 214 Å². The zero-order valence-electron chi connectivity index (χ0n) is 20.4. The number of nitrogens with zero attached hydrogens (tertiary/aromatic N) is 2. The third-order valence-corrected chi connectivity index (χ3v) is 6.97. The summed E-state index contributed by atoms with van der Waals surface area (Å²) in [5.74, 6) is 0.388. The fourth-order valence-electron chi connectivity index (χ4n) is 4.04. The van der Waals surface area contributed by atoms with Crippen molar-refractivity contribution in [2.75, 3.05) is 6.61 Å². The minimum atomic E-state index is -0.488. The van der Waals surface area contributed by atoms with E-state index in [1.807, 2.05) is 80.6 Å². The van der Waals surface area contributed by atoms with Crippen molar-refractivity contribution in [3.8, 4) is 17.3 Å². The van der Waals surface area contributed by atoms with Crippen LogP contribution in [0.5, 0.6) is 11.6 Å². The first kappa shape index (κ1) is 23.7. The van der Waals surface area contributed by atoms with Gasteiger partial charge in [0, 0.05) is 4.90 Å². The van der Waals surface area contributed by atoms with Gasteiger partial charge in [0.2, 0.25) is 5.88 Å². The highest BCUT2D eigenvalue weighted by Gasteiger charge is 2.25. The van der Waals surface area contributed by atoms with Crippen molar-refractivity contribution in [3.63, 3.8) is 0 Å². The fraction of sp³-hybridized carbons (Fsp3) is 0.133. The maximum Gasteiger partial charge on any atom is 0.349 e. The topological polar surface area (TPSA) is 53.4 Å². The summed E-state index contributed by atoms with van der Waals surface area (Å²) in [6.07, 6.45) is 0. The standard InChI is InChI=1S/C30H26N2O3S/c1-4-34-26-19-16-22-10-8-9-13-25(22)27(26)30(33)35-29-28(36-24-17-14-20(2)15-18-24)21(3)31-32(29)23-11-6-5-7-12-23/h5-19H,4H2,1-3H3. The van der Waals surface area contributed by atoms with Gasteiger partial charge >= 0.3 is 5.97 Å². The number of fused-ring (bicyclic) bond motifs is 1. The molecule has 36 heavy (non-hydrogen) atoms. The summed E-state index contributed by atoms with van der Waals surface area (Å²) in [7, 11) is 0. The van der Waals surface area contributed by atoms with Crippen LogP contribution in [0, 0.1) is 13.8 Å². The molecule has 0 unspecified atom stereocenters. The van der Waals surface area contributed by atoms with Crippen LogP contribution in [-0.2, 0) is 0 Å². The average Bonchev–Trinajstić information content (AvgIpc) is 3.20. The Bertz CT molecular complexity index is 1530. The van der Waals surface area contributed by atoms with Crippen LogP contribution in [0.15, 0.2) is 101 Å². The Morgan fingerprint density at radius 2 is 1.61 bits per heavy atom. The molecular formula is C30H26N2O3S. The lowest BCUT2D eigenvalue weighted by Crippen LogP contribution is -2.14. The molecule has 0 amide bonds. The molecule has 0 saturated heterocycles. The molecule has 6 heteroatoms. The molecule has 0 aliphatic rings. The third kappa shape index (κ3) is 4.72. The van der Waals surface area contributed by atoms with Crippen LogP contribution in [-0.4, -0.2) is 22.4 Å². The van der Waals surface area contributed by atoms with Crippen molar-refractivity contribution in [1.29, 1.82) is 0 Å². The lowest BCUT2D eigenvalue weighted by atomic mass is 10.0. The molecule has 0 aliphatic heterocycles. The molecule has 1 heterocycles. The van der Waals surface area contributed by atoms with Crippen LogP contribution >= 0.6 is 11.8 Å². The van der Waals surface area contributed by atoms with E-state index in [9.17, 15) is 4.79 Å². The van der Waals surface area contributed by atoms with Crippen LogP contribution in [0.2, 0.25) is 0 Å². The van der Waals surface area contributed by atoms with E-state index in [0.717, 1.165) is 31.9 Å². The van der Waals surface area contributed by atoms with Crippen LogP contribution in [0.25, 0.3) is 16.5 Å². The van der Waals surface area contributed by atoms with E-state index < -0.39 is 5.97 Å². The van der Waals surface area contributed by atoms with Gasteiger partial charge < -0.3 is 9.47 Å². The molecule has 4 aromatic carbocycles. The predicted molar refractivity (Wildman–Crippen MR) is 144 cm³/mol. The number of aryl methyl sites for hydroxylation is 2. The van der Waals surface area contributed by atoms with Gasteiger partial charge in [0.1, 0.15) is 11.3 Å². The Kier molecular flexibility index (Phi) is 6.78. The fourth-order valence-corrected chi connectivity index (χ4v) is 4.96. The maximum absolute atomic E-state index is 13.8. The van der Waals surface area contributed by atoms with E-state index in [4.69, 9.17) is 14.6 Å². The highest BCUT2D eigenvalue weighted by Crippen LogP contribution is 2.40. The highest BCUT2D eigenvalue weighted by molar-refractivity contribution is 7.99. The van der Waals surface area contributed by atoms with Crippen molar-refractivity contribution < 1.29 is 14.3 Å². The summed E-state index contributed by atoms with van der Waals surface area (Å²) >= 11 is 1.53. The Morgan fingerprint density at radius 1 is 0.889 bits per heavy atom. The maximum atomic E-state index is 13.8. The summed E-state index contributed by atoms with van der Waals surface area (Å²) in [4.78, 5) is 15.6. The first-order valence-electron chi connectivity index (χ1n) is 11.8. The summed E-state index contributed by atoms with van der Waals surface area (Å²) in [6, 6.07) is 29.4. The molecule has 180 valence electrons. The zero-order chi connectivity index (χ0) is 25.1. The second-order valence-corrected chi connectivity index (χ2v) is 9.45. The molecule has 0 saturated carbocycles. The average molecular weight is 495 g/mol. The highest BCUT2D eigenvalue weighted by atomic mass is 32.2. The molecule has 0 spiro atoms. The van der Waals surface area contributed by atoms with E-state index in [0.29, 0.717) is 23.8 Å². The number of benzene rings is 4. The number of carbonyl (C=O) groups is 1. The lowest BCUT2D eigenvalue weighted by Gasteiger charge is -2.14. The second-order valence-electron chi connectivity index (χ2n) is 8.36. The van der Waals surface area contributed by atoms with Crippen LogP contribution in [0.3, 0.4) is 0 Å². The van der Waals surface area contributed by atoms with E-state index in [2.05, 4.69) is 31.2 Å². The van der Waals surface area contributed by atoms with E-state index >= 15 is 0 Å². The van der Waals surface area contributed by atoms with Gasteiger partial charge in [-0.2, -0.15) is 9.78 Å². The van der Waals surface area contributed by atoms with Gasteiger partial charge in [-0.25, -0.2) is 4.79 Å². The number of rotatable bonds is 7. The van der Waals surface area contributed by atoms with Crippen LogP contribution in [0.1, 0.15) is 28.5 Å². The van der Waals surface area contributed by atoms with Gasteiger partial charge in [-0.05, 0) is 61.9 Å². The van der Waals surface area contributed by atoms with Crippen molar-refractivity contribution in [2.45, 2.75) is 30.6 Å². The Hall–Kier alpha value is -4.03. The third-order valence-electron chi connectivity index (χ3n) is 5.79. The van der Waals surface area contributed by atoms with E-state index in [1.54, 1.807) is 4.68 Å². The summed E-state index contributed by atoms with van der Waals surface area (Å²) in [5.41, 5.74) is 3.17. The number of para-hydroxylation sites is 1. The number of aromatic nitrogens is 2. The number of esters is 1. The zero-order valence-corrected chi connectivity index (χ0v) is 21.2. The molecule has 1 aromatic heterocycles. The van der Waals surface area contributed by atoms with Crippen molar-refractivity contribution in [3.05, 3.63) is 108 Å². The molecule has 0 N–H and O–H groups in total. The molecule has 0 radical (unpaired) electrons.